The fraction of sp³-hybridized carbons (Fsp3) is 1.00. The molecule has 1 saturated heterocycles. The zero-order valence-electron chi connectivity index (χ0n) is 4.82. The summed E-state index contributed by atoms with van der Waals surface area (Å²) in [7, 11) is 0. The lowest BCUT2D eigenvalue weighted by atomic mass is 10.6. The molecule has 1 aliphatic heterocycles. The Labute approximate surface area is 67.3 Å². The van der Waals surface area contributed by atoms with Crippen LogP contribution in [0.1, 0.15) is 13.3 Å². The predicted octanol–water partition coefficient (Wildman–Crippen LogP) is 2.93. The molecule has 0 saturated carbocycles. The second kappa shape index (κ2) is 2.84. The second-order valence-electron chi connectivity index (χ2n) is 1.89. The van der Waals surface area contributed by atoms with Gasteiger partial charge >= 0.3 is 0 Å². The van der Waals surface area contributed by atoms with Gasteiger partial charge in [-0.25, -0.2) is 0 Å². The molecule has 0 aromatic carbocycles. The standard InChI is InChI=1S/C5H9BrS2/c1-5(6)7-3-2-4-8-5/h2-4H2,1H3. The normalized spacial score (nSPS) is 27.8. The first kappa shape index (κ1) is 7.29. The van der Waals surface area contributed by atoms with Crippen molar-refractivity contribution in [1.29, 1.82) is 0 Å². The van der Waals surface area contributed by atoms with Crippen molar-refractivity contribution in [1.82, 2.24) is 0 Å². The minimum atomic E-state index is 0.325. The summed E-state index contributed by atoms with van der Waals surface area (Å²) < 4.78 is 0.325. The number of alkyl halides is 1. The van der Waals surface area contributed by atoms with Crippen LogP contribution in [0.3, 0.4) is 0 Å². The van der Waals surface area contributed by atoms with E-state index in [-0.39, 0.29) is 0 Å². The highest BCUT2D eigenvalue weighted by Crippen LogP contribution is 2.46. The third kappa shape index (κ3) is 2.19. The van der Waals surface area contributed by atoms with Crippen LogP contribution < -0.4 is 0 Å². The van der Waals surface area contributed by atoms with Gasteiger partial charge in [-0.2, -0.15) is 0 Å². The first-order valence-corrected chi connectivity index (χ1v) is 5.44. The Balaban J connectivity index is 2.33. The summed E-state index contributed by atoms with van der Waals surface area (Å²) in [5.41, 5.74) is 0. The molecule has 0 atom stereocenters. The van der Waals surface area contributed by atoms with Crippen molar-refractivity contribution >= 4 is 39.5 Å². The van der Waals surface area contributed by atoms with Crippen molar-refractivity contribution in [2.24, 2.45) is 0 Å². The Kier molecular flexibility index (Phi) is 2.59. The molecule has 0 radical (unpaired) electrons. The number of hydrogen-bond donors (Lipinski definition) is 0. The molecule has 0 aliphatic carbocycles. The summed E-state index contributed by atoms with van der Waals surface area (Å²) in [6.45, 7) is 2.22. The third-order valence-corrected chi connectivity index (χ3v) is 5.11. The number of halogens is 1. The SMILES string of the molecule is CC1(Br)SCCCS1. The molecule has 48 valence electrons. The van der Waals surface area contributed by atoms with E-state index in [0.29, 0.717) is 2.99 Å². The van der Waals surface area contributed by atoms with Gasteiger partial charge < -0.3 is 0 Å². The van der Waals surface area contributed by atoms with Crippen molar-refractivity contribution in [3.63, 3.8) is 0 Å². The van der Waals surface area contributed by atoms with Gasteiger partial charge in [-0.1, -0.05) is 15.9 Å². The van der Waals surface area contributed by atoms with Crippen molar-refractivity contribution in [3.05, 3.63) is 0 Å². The third-order valence-electron chi connectivity index (χ3n) is 1.01. The molecule has 0 spiro atoms. The van der Waals surface area contributed by atoms with E-state index in [1.807, 2.05) is 23.5 Å². The van der Waals surface area contributed by atoms with E-state index >= 15 is 0 Å². The Morgan fingerprint density at radius 1 is 1.38 bits per heavy atom. The molecule has 1 heterocycles. The minimum Gasteiger partial charge on any atom is -0.133 e. The van der Waals surface area contributed by atoms with E-state index in [2.05, 4.69) is 22.9 Å². The Hall–Kier alpha value is 1.18. The average molecular weight is 213 g/mol. The van der Waals surface area contributed by atoms with E-state index < -0.39 is 0 Å². The van der Waals surface area contributed by atoms with Gasteiger partial charge in [0.05, 0.1) is 0 Å². The van der Waals surface area contributed by atoms with Gasteiger partial charge in [0.1, 0.15) is 2.99 Å². The Morgan fingerprint density at radius 2 is 1.88 bits per heavy atom. The molecule has 1 rings (SSSR count). The number of hydrogen-bond acceptors (Lipinski definition) is 2. The monoisotopic (exact) mass is 212 g/mol. The van der Waals surface area contributed by atoms with Gasteiger partial charge in [0.25, 0.3) is 0 Å². The topological polar surface area (TPSA) is 0 Å². The quantitative estimate of drug-likeness (QED) is 0.567. The largest absolute Gasteiger partial charge is 0.133 e. The first-order valence-electron chi connectivity index (χ1n) is 2.67. The summed E-state index contributed by atoms with van der Waals surface area (Å²) in [5.74, 6) is 2.63. The molecule has 0 N–H and O–H groups in total. The molecule has 0 unspecified atom stereocenters. The zero-order valence-corrected chi connectivity index (χ0v) is 8.03. The highest BCUT2D eigenvalue weighted by atomic mass is 79.9. The van der Waals surface area contributed by atoms with Gasteiger partial charge in [0.2, 0.25) is 0 Å². The molecule has 0 bridgehead atoms. The lowest BCUT2D eigenvalue weighted by Crippen LogP contribution is -2.11. The van der Waals surface area contributed by atoms with Crippen LogP contribution in [0.2, 0.25) is 0 Å². The van der Waals surface area contributed by atoms with E-state index in [4.69, 9.17) is 0 Å². The van der Waals surface area contributed by atoms with Crippen molar-refractivity contribution < 1.29 is 0 Å². The highest BCUT2D eigenvalue weighted by Gasteiger charge is 2.23. The van der Waals surface area contributed by atoms with Crippen LogP contribution in [0, 0.1) is 0 Å². The molecule has 1 aliphatic rings. The van der Waals surface area contributed by atoms with Crippen LogP contribution in [0.4, 0.5) is 0 Å². The summed E-state index contributed by atoms with van der Waals surface area (Å²) in [6, 6.07) is 0. The van der Waals surface area contributed by atoms with Crippen LogP contribution in [-0.2, 0) is 0 Å². The first-order chi connectivity index (χ1) is 3.71. The minimum absolute atomic E-state index is 0.325. The van der Waals surface area contributed by atoms with Gasteiger partial charge in [0.15, 0.2) is 0 Å². The summed E-state index contributed by atoms with van der Waals surface area (Å²) in [4.78, 5) is 0. The molecular weight excluding hydrogens is 204 g/mol. The predicted molar refractivity (Wildman–Crippen MR) is 46.9 cm³/mol. The number of thioether (sulfide) groups is 2. The van der Waals surface area contributed by atoms with Gasteiger partial charge in [-0.15, -0.1) is 23.5 Å². The fourth-order valence-corrected chi connectivity index (χ4v) is 3.90. The molecule has 0 nitrogen and oxygen atoms in total. The molecule has 0 amide bonds. The van der Waals surface area contributed by atoms with Crippen LogP contribution in [-0.4, -0.2) is 14.5 Å². The van der Waals surface area contributed by atoms with Crippen LogP contribution in [0.25, 0.3) is 0 Å². The van der Waals surface area contributed by atoms with E-state index in [1.165, 1.54) is 17.9 Å². The van der Waals surface area contributed by atoms with Gasteiger partial charge in [-0.05, 0) is 24.9 Å². The maximum atomic E-state index is 3.62. The Morgan fingerprint density at radius 3 is 2.12 bits per heavy atom. The smallest absolute Gasteiger partial charge is 0.113 e. The van der Waals surface area contributed by atoms with Crippen LogP contribution in [0.15, 0.2) is 0 Å². The lowest BCUT2D eigenvalue weighted by molar-refractivity contribution is 1.09. The molecular formula is C5H9BrS2. The van der Waals surface area contributed by atoms with E-state index in [0.717, 1.165) is 0 Å². The summed E-state index contributed by atoms with van der Waals surface area (Å²) in [5, 5.41) is 0. The number of rotatable bonds is 0. The van der Waals surface area contributed by atoms with Gasteiger partial charge in [0, 0.05) is 0 Å². The van der Waals surface area contributed by atoms with Crippen molar-refractivity contribution in [2.45, 2.75) is 16.3 Å². The van der Waals surface area contributed by atoms with Crippen LogP contribution in [0.5, 0.6) is 0 Å². The maximum absolute atomic E-state index is 3.62. The average Bonchev–Trinajstić information content (AvgIpc) is 1.65. The summed E-state index contributed by atoms with van der Waals surface area (Å²) >= 11 is 7.62. The van der Waals surface area contributed by atoms with Crippen molar-refractivity contribution in [2.75, 3.05) is 11.5 Å². The molecule has 0 aromatic heterocycles. The van der Waals surface area contributed by atoms with Crippen LogP contribution >= 0.6 is 39.5 Å². The molecule has 1 fully saturated rings. The molecule has 8 heavy (non-hydrogen) atoms. The summed E-state index contributed by atoms with van der Waals surface area (Å²) in [6.07, 6.45) is 1.37. The van der Waals surface area contributed by atoms with E-state index in [1.54, 1.807) is 0 Å². The maximum Gasteiger partial charge on any atom is 0.113 e. The highest BCUT2D eigenvalue weighted by molar-refractivity contribution is 9.14. The second-order valence-corrected chi connectivity index (χ2v) is 7.81. The lowest BCUT2D eigenvalue weighted by Gasteiger charge is -2.25. The van der Waals surface area contributed by atoms with E-state index in [9.17, 15) is 0 Å². The van der Waals surface area contributed by atoms with Gasteiger partial charge in [-0.3, -0.25) is 0 Å². The fourth-order valence-electron chi connectivity index (χ4n) is 0.610. The Bertz CT molecular complexity index is 74.5. The van der Waals surface area contributed by atoms with Crippen molar-refractivity contribution in [3.8, 4) is 0 Å². The molecule has 0 aromatic rings. The molecule has 3 heteroatoms. The zero-order chi connectivity index (χ0) is 6.04.